The lowest BCUT2D eigenvalue weighted by Crippen LogP contribution is -2.53. The van der Waals surface area contributed by atoms with E-state index in [0.29, 0.717) is 11.8 Å². The van der Waals surface area contributed by atoms with Crippen molar-refractivity contribution in [3.63, 3.8) is 0 Å². The van der Waals surface area contributed by atoms with Crippen LogP contribution in [0.4, 0.5) is 13.2 Å². The molecule has 0 N–H and O–H groups in total. The first-order valence-corrected chi connectivity index (χ1v) is 9.52. The number of carbonyl (C=O) groups is 1. The largest absolute Gasteiger partial charge is 0.461 e. The van der Waals surface area contributed by atoms with Gasteiger partial charge in [0.05, 0.1) is 12.2 Å². The lowest BCUT2D eigenvalue weighted by molar-refractivity contribution is -0.614. The van der Waals surface area contributed by atoms with Gasteiger partial charge in [-0.1, -0.05) is 30.3 Å². The Morgan fingerprint density at radius 2 is 1.77 bits per heavy atom. The summed E-state index contributed by atoms with van der Waals surface area (Å²) in [5, 5.41) is 11.1. The van der Waals surface area contributed by atoms with Gasteiger partial charge in [-0.15, -0.1) is 0 Å². The summed E-state index contributed by atoms with van der Waals surface area (Å²) >= 11 is 0. The Bertz CT molecular complexity index is 735. The minimum Gasteiger partial charge on any atom is -0.461 e. The van der Waals surface area contributed by atoms with Gasteiger partial charge in [0.25, 0.3) is 0 Å². The third-order valence-electron chi connectivity index (χ3n) is 3.75. The number of benzene rings is 1. The predicted octanol–water partition coefficient (Wildman–Crippen LogP) is 2.52. The zero-order valence-corrected chi connectivity index (χ0v) is 14.7. The summed E-state index contributed by atoms with van der Waals surface area (Å²) in [5.74, 6) is -2.06. The summed E-state index contributed by atoms with van der Waals surface area (Å²) in [5.41, 5.74) is -2.92. The maximum absolute atomic E-state index is 13.3. The molecule has 26 heavy (non-hydrogen) atoms. The normalized spacial score (nSPS) is 14.5. The number of carbonyl (C=O) groups excluding carboxylic acids is 1. The van der Waals surface area contributed by atoms with Crippen LogP contribution in [0.15, 0.2) is 30.3 Å². The fraction of sp³-hybridized carbons (Fsp3) is 0.533. The fourth-order valence-electron chi connectivity index (χ4n) is 2.17. The second-order valence-corrected chi connectivity index (χ2v) is 8.07. The zero-order valence-electron chi connectivity index (χ0n) is 13.9. The van der Waals surface area contributed by atoms with Gasteiger partial charge in [-0.2, -0.15) is 13.2 Å². The summed E-state index contributed by atoms with van der Waals surface area (Å²) in [6.45, 7) is -0.180. The number of sulfone groups is 1. The van der Waals surface area contributed by atoms with E-state index >= 15 is 0 Å². The first-order valence-electron chi connectivity index (χ1n) is 7.46. The van der Waals surface area contributed by atoms with Crippen molar-refractivity contribution < 1.29 is 36.0 Å². The van der Waals surface area contributed by atoms with Crippen LogP contribution in [0.3, 0.4) is 0 Å². The standard InChI is InChI=1S/C15H18F3NO6S/c1-26(23,24)10-9-14(19(21)22,15(16,17)18)8-7-13(20)25-11-12-5-3-2-4-6-12/h2-6H,7-11H2,1H3. The Balaban J connectivity index is 2.81. The van der Waals surface area contributed by atoms with Crippen molar-refractivity contribution in [3.8, 4) is 0 Å². The molecular formula is C15H18F3NO6S. The average molecular weight is 397 g/mol. The molecule has 1 atom stereocenters. The number of esters is 1. The van der Waals surface area contributed by atoms with Gasteiger partial charge in [0.2, 0.25) is 0 Å². The van der Waals surface area contributed by atoms with E-state index in [1.807, 2.05) is 0 Å². The van der Waals surface area contributed by atoms with E-state index in [1.54, 1.807) is 30.3 Å². The van der Waals surface area contributed by atoms with Crippen molar-refractivity contribution in [1.29, 1.82) is 0 Å². The van der Waals surface area contributed by atoms with Gasteiger partial charge >= 0.3 is 17.7 Å². The molecule has 0 saturated carbocycles. The van der Waals surface area contributed by atoms with E-state index in [2.05, 4.69) is 0 Å². The molecule has 0 saturated heterocycles. The molecule has 1 unspecified atom stereocenters. The van der Waals surface area contributed by atoms with Gasteiger partial charge in [-0.3, -0.25) is 14.9 Å². The molecule has 0 amide bonds. The number of hydrogen-bond acceptors (Lipinski definition) is 6. The van der Waals surface area contributed by atoms with Gasteiger partial charge < -0.3 is 4.74 Å². The van der Waals surface area contributed by atoms with Gasteiger partial charge in [-0.25, -0.2) is 8.42 Å². The molecule has 0 heterocycles. The van der Waals surface area contributed by atoms with Crippen molar-refractivity contribution in [2.75, 3.05) is 12.0 Å². The van der Waals surface area contributed by atoms with E-state index in [-0.39, 0.29) is 6.61 Å². The van der Waals surface area contributed by atoms with Crippen molar-refractivity contribution >= 4 is 15.8 Å². The van der Waals surface area contributed by atoms with Crippen molar-refractivity contribution in [2.24, 2.45) is 0 Å². The molecule has 7 nitrogen and oxygen atoms in total. The number of ether oxygens (including phenoxy) is 1. The van der Waals surface area contributed by atoms with E-state index in [9.17, 15) is 36.5 Å². The first-order chi connectivity index (χ1) is 11.9. The average Bonchev–Trinajstić information content (AvgIpc) is 2.51. The molecule has 0 aliphatic rings. The van der Waals surface area contributed by atoms with Crippen LogP contribution in [0.5, 0.6) is 0 Å². The van der Waals surface area contributed by atoms with Crippen LogP contribution in [0, 0.1) is 10.1 Å². The molecular weight excluding hydrogens is 379 g/mol. The predicted molar refractivity (Wildman–Crippen MR) is 85.6 cm³/mol. The second-order valence-electron chi connectivity index (χ2n) is 5.81. The van der Waals surface area contributed by atoms with Crippen LogP contribution >= 0.6 is 0 Å². The molecule has 1 rings (SSSR count). The SMILES string of the molecule is CS(=O)(=O)CCC(CCC(=O)OCc1ccccc1)([N+](=O)[O-])C(F)(F)F. The first kappa shape index (κ1) is 21.9. The molecule has 1 aromatic rings. The molecule has 0 aliphatic heterocycles. The number of nitrogens with zero attached hydrogens (tertiary/aromatic N) is 1. The van der Waals surface area contributed by atoms with Crippen LogP contribution in [0.25, 0.3) is 0 Å². The maximum atomic E-state index is 13.3. The maximum Gasteiger partial charge on any atom is 0.460 e. The van der Waals surface area contributed by atoms with Gasteiger partial charge in [0.1, 0.15) is 16.4 Å². The number of alkyl halides is 3. The monoisotopic (exact) mass is 397 g/mol. The van der Waals surface area contributed by atoms with Crippen LogP contribution in [0.1, 0.15) is 24.8 Å². The highest BCUT2D eigenvalue weighted by molar-refractivity contribution is 7.90. The molecule has 146 valence electrons. The Kier molecular flexibility index (Phi) is 7.13. The number of rotatable bonds is 9. The van der Waals surface area contributed by atoms with Crippen molar-refractivity contribution in [3.05, 3.63) is 46.0 Å². The molecule has 0 aromatic heterocycles. The minimum atomic E-state index is -5.32. The lowest BCUT2D eigenvalue weighted by Gasteiger charge is -2.27. The van der Waals surface area contributed by atoms with Crippen LogP contribution in [-0.4, -0.2) is 43.0 Å². The third kappa shape index (κ3) is 6.28. The Hall–Kier alpha value is -2.17. The summed E-state index contributed by atoms with van der Waals surface area (Å²) < 4.78 is 67.0. The third-order valence-corrected chi connectivity index (χ3v) is 4.69. The molecule has 0 aliphatic carbocycles. The summed E-state index contributed by atoms with van der Waals surface area (Å²) in [6.07, 6.45) is -7.97. The Morgan fingerprint density at radius 3 is 2.23 bits per heavy atom. The van der Waals surface area contributed by atoms with E-state index in [0.717, 1.165) is 0 Å². The molecule has 0 fully saturated rings. The molecule has 1 aromatic carbocycles. The summed E-state index contributed by atoms with van der Waals surface area (Å²) in [7, 11) is -3.86. The summed E-state index contributed by atoms with van der Waals surface area (Å²) in [4.78, 5) is 21.2. The fourth-order valence-corrected chi connectivity index (χ4v) is 2.88. The lowest BCUT2D eigenvalue weighted by atomic mass is 9.90. The van der Waals surface area contributed by atoms with E-state index < -0.39 is 57.5 Å². The molecule has 0 bridgehead atoms. The second kappa shape index (κ2) is 8.47. The van der Waals surface area contributed by atoms with Gasteiger partial charge in [0, 0.05) is 24.0 Å². The van der Waals surface area contributed by atoms with Crippen molar-refractivity contribution in [2.45, 2.75) is 37.6 Å². The van der Waals surface area contributed by atoms with E-state index in [1.165, 1.54) is 0 Å². The number of halogens is 3. The van der Waals surface area contributed by atoms with Crippen LogP contribution < -0.4 is 0 Å². The minimum absolute atomic E-state index is 0.180. The number of nitro groups is 1. The highest BCUT2D eigenvalue weighted by Gasteiger charge is 2.65. The molecule has 0 radical (unpaired) electrons. The smallest absolute Gasteiger partial charge is 0.460 e. The van der Waals surface area contributed by atoms with E-state index in [4.69, 9.17) is 4.74 Å². The Morgan fingerprint density at radius 1 is 1.19 bits per heavy atom. The molecule has 11 heteroatoms. The highest BCUT2D eigenvalue weighted by atomic mass is 32.2. The number of hydrogen-bond donors (Lipinski definition) is 0. The Labute approximate surface area is 148 Å². The van der Waals surface area contributed by atoms with Gasteiger partial charge in [0.15, 0.2) is 0 Å². The quantitative estimate of drug-likeness (QED) is 0.360. The molecule has 0 spiro atoms. The van der Waals surface area contributed by atoms with Crippen LogP contribution in [-0.2, 0) is 26.0 Å². The summed E-state index contributed by atoms with van der Waals surface area (Å²) in [6, 6.07) is 8.35. The van der Waals surface area contributed by atoms with Gasteiger partial charge in [-0.05, 0) is 5.56 Å². The highest BCUT2D eigenvalue weighted by Crippen LogP contribution is 2.40. The topological polar surface area (TPSA) is 104 Å². The zero-order chi connectivity index (χ0) is 20.0. The van der Waals surface area contributed by atoms with Crippen LogP contribution in [0.2, 0.25) is 0 Å². The van der Waals surface area contributed by atoms with Crippen molar-refractivity contribution in [1.82, 2.24) is 0 Å².